The summed E-state index contributed by atoms with van der Waals surface area (Å²) in [5, 5.41) is 2.77. The molecule has 0 spiro atoms. The molecule has 94 valence electrons. The van der Waals surface area contributed by atoms with Crippen molar-refractivity contribution >= 4 is 17.5 Å². The first-order chi connectivity index (χ1) is 8.13. The Morgan fingerprint density at radius 3 is 2.94 bits per heavy atom. The van der Waals surface area contributed by atoms with Gasteiger partial charge < -0.3 is 10.1 Å². The van der Waals surface area contributed by atoms with Gasteiger partial charge in [-0.3, -0.25) is 4.79 Å². The molecule has 1 rings (SSSR count). The number of hydrogen-bond donors (Lipinski definition) is 1. The molecule has 3 nitrogen and oxygen atoms in total. The zero-order valence-electron chi connectivity index (χ0n) is 10.2. The van der Waals surface area contributed by atoms with Gasteiger partial charge in [0.25, 0.3) is 0 Å². The number of aryl methyl sites for hydroxylation is 1. The number of carbonyl (C=O) groups is 1. The Bertz CT molecular complexity index is 368. The van der Waals surface area contributed by atoms with E-state index in [0.717, 1.165) is 11.3 Å². The zero-order chi connectivity index (χ0) is 12.7. The lowest BCUT2D eigenvalue weighted by molar-refractivity contribution is -0.123. The second kappa shape index (κ2) is 7.17. The highest BCUT2D eigenvalue weighted by Crippen LogP contribution is 2.11. The summed E-state index contributed by atoms with van der Waals surface area (Å²) in [5.41, 5.74) is 1.15. The average molecular weight is 256 g/mol. The SMILES string of the molecule is Cc1cccc(OCCNC(=O)C(C)CCl)c1. The molecule has 0 aromatic heterocycles. The lowest BCUT2D eigenvalue weighted by atomic mass is 10.2. The van der Waals surface area contributed by atoms with E-state index in [1.54, 1.807) is 6.92 Å². The fraction of sp³-hybridized carbons (Fsp3) is 0.462. The monoisotopic (exact) mass is 255 g/mol. The summed E-state index contributed by atoms with van der Waals surface area (Å²) in [7, 11) is 0. The highest BCUT2D eigenvalue weighted by molar-refractivity contribution is 6.19. The fourth-order valence-electron chi connectivity index (χ4n) is 1.29. The van der Waals surface area contributed by atoms with Gasteiger partial charge in [0.15, 0.2) is 0 Å². The molecule has 0 aliphatic heterocycles. The van der Waals surface area contributed by atoms with Gasteiger partial charge in [-0.15, -0.1) is 11.6 Å². The largest absolute Gasteiger partial charge is 0.492 e. The minimum absolute atomic E-state index is 0.0344. The van der Waals surface area contributed by atoms with E-state index in [1.165, 1.54) is 0 Å². The first kappa shape index (κ1) is 13.8. The summed E-state index contributed by atoms with van der Waals surface area (Å²) in [6.45, 7) is 4.76. The van der Waals surface area contributed by atoms with Crippen LogP contribution in [-0.2, 0) is 4.79 Å². The van der Waals surface area contributed by atoms with Gasteiger partial charge in [-0.2, -0.15) is 0 Å². The van der Waals surface area contributed by atoms with Crippen molar-refractivity contribution in [1.29, 1.82) is 0 Å². The van der Waals surface area contributed by atoms with Crippen molar-refractivity contribution < 1.29 is 9.53 Å². The number of nitrogens with one attached hydrogen (secondary N) is 1. The predicted octanol–water partition coefficient (Wildman–Crippen LogP) is 2.36. The molecule has 1 atom stereocenters. The van der Waals surface area contributed by atoms with Crippen molar-refractivity contribution in [2.45, 2.75) is 13.8 Å². The molecular weight excluding hydrogens is 238 g/mol. The van der Waals surface area contributed by atoms with Crippen molar-refractivity contribution in [3.05, 3.63) is 29.8 Å². The topological polar surface area (TPSA) is 38.3 Å². The molecule has 0 radical (unpaired) electrons. The van der Waals surface area contributed by atoms with E-state index in [9.17, 15) is 4.79 Å². The predicted molar refractivity (Wildman–Crippen MR) is 69.6 cm³/mol. The van der Waals surface area contributed by atoms with Crippen molar-refractivity contribution in [3.8, 4) is 5.75 Å². The highest BCUT2D eigenvalue weighted by Gasteiger charge is 2.09. The van der Waals surface area contributed by atoms with Crippen LogP contribution in [0.4, 0.5) is 0 Å². The average Bonchev–Trinajstić information content (AvgIpc) is 2.33. The second-order valence-electron chi connectivity index (χ2n) is 4.01. The number of alkyl halides is 1. The number of carbonyl (C=O) groups excluding carboxylic acids is 1. The van der Waals surface area contributed by atoms with Gasteiger partial charge in [0.1, 0.15) is 12.4 Å². The Morgan fingerprint density at radius 1 is 1.53 bits per heavy atom. The smallest absolute Gasteiger partial charge is 0.224 e. The van der Waals surface area contributed by atoms with Crippen molar-refractivity contribution in [3.63, 3.8) is 0 Å². The van der Waals surface area contributed by atoms with E-state index in [1.807, 2.05) is 31.2 Å². The number of rotatable bonds is 6. The summed E-state index contributed by atoms with van der Waals surface area (Å²) in [4.78, 5) is 11.4. The number of benzene rings is 1. The van der Waals surface area contributed by atoms with Crippen LogP contribution in [0.5, 0.6) is 5.75 Å². The maximum atomic E-state index is 11.4. The van der Waals surface area contributed by atoms with E-state index < -0.39 is 0 Å². The minimum atomic E-state index is -0.157. The van der Waals surface area contributed by atoms with E-state index in [0.29, 0.717) is 19.0 Å². The third kappa shape index (κ3) is 5.09. The van der Waals surface area contributed by atoms with Crippen LogP contribution in [0.2, 0.25) is 0 Å². The van der Waals surface area contributed by atoms with Crippen LogP contribution in [0.3, 0.4) is 0 Å². The molecule has 1 amide bonds. The summed E-state index contributed by atoms with van der Waals surface area (Å²) in [6, 6.07) is 7.81. The Labute approximate surface area is 107 Å². The summed E-state index contributed by atoms with van der Waals surface area (Å²) in [5.74, 6) is 0.970. The van der Waals surface area contributed by atoms with Gasteiger partial charge in [-0.05, 0) is 24.6 Å². The van der Waals surface area contributed by atoms with Gasteiger partial charge >= 0.3 is 0 Å². The van der Waals surface area contributed by atoms with Gasteiger partial charge in [0, 0.05) is 11.8 Å². The molecule has 0 heterocycles. The molecule has 0 saturated carbocycles. The number of amides is 1. The fourth-order valence-corrected chi connectivity index (χ4v) is 1.43. The summed E-state index contributed by atoms with van der Waals surface area (Å²) >= 11 is 5.58. The standard InChI is InChI=1S/C13H18ClNO2/c1-10-4-3-5-12(8-10)17-7-6-15-13(16)11(2)9-14/h3-5,8,11H,6-7,9H2,1-2H3,(H,15,16). The van der Waals surface area contributed by atoms with E-state index >= 15 is 0 Å². The molecule has 0 bridgehead atoms. The molecule has 0 aliphatic rings. The number of ether oxygens (including phenoxy) is 1. The van der Waals surface area contributed by atoms with Crippen LogP contribution >= 0.6 is 11.6 Å². The van der Waals surface area contributed by atoms with Crippen LogP contribution in [0.1, 0.15) is 12.5 Å². The third-order valence-corrected chi connectivity index (χ3v) is 2.80. The molecule has 0 saturated heterocycles. The minimum Gasteiger partial charge on any atom is -0.492 e. The molecule has 1 unspecified atom stereocenters. The molecule has 0 aliphatic carbocycles. The summed E-state index contributed by atoms with van der Waals surface area (Å²) < 4.78 is 5.50. The van der Waals surface area contributed by atoms with Crippen molar-refractivity contribution in [2.75, 3.05) is 19.0 Å². The quantitative estimate of drug-likeness (QED) is 0.626. The Hall–Kier alpha value is -1.22. The van der Waals surface area contributed by atoms with Gasteiger partial charge in [-0.1, -0.05) is 19.1 Å². The lowest BCUT2D eigenvalue weighted by Crippen LogP contribution is -2.33. The van der Waals surface area contributed by atoms with E-state index in [4.69, 9.17) is 16.3 Å². The number of halogens is 1. The number of hydrogen-bond acceptors (Lipinski definition) is 2. The normalized spacial score (nSPS) is 11.9. The van der Waals surface area contributed by atoms with Gasteiger partial charge in [0.05, 0.1) is 6.54 Å². The molecule has 1 aromatic rings. The van der Waals surface area contributed by atoms with E-state index in [2.05, 4.69) is 5.32 Å². The molecule has 1 aromatic carbocycles. The van der Waals surface area contributed by atoms with Crippen LogP contribution in [0, 0.1) is 12.8 Å². The summed E-state index contributed by atoms with van der Waals surface area (Å²) in [6.07, 6.45) is 0. The van der Waals surface area contributed by atoms with E-state index in [-0.39, 0.29) is 11.8 Å². The lowest BCUT2D eigenvalue weighted by Gasteiger charge is -2.10. The zero-order valence-corrected chi connectivity index (χ0v) is 11.0. The van der Waals surface area contributed by atoms with Crippen LogP contribution < -0.4 is 10.1 Å². The highest BCUT2D eigenvalue weighted by atomic mass is 35.5. The van der Waals surface area contributed by atoms with Crippen molar-refractivity contribution in [1.82, 2.24) is 5.32 Å². The van der Waals surface area contributed by atoms with Crippen LogP contribution in [0.15, 0.2) is 24.3 Å². The van der Waals surface area contributed by atoms with Crippen LogP contribution in [-0.4, -0.2) is 24.9 Å². The molecular formula is C13H18ClNO2. The van der Waals surface area contributed by atoms with Crippen molar-refractivity contribution in [2.24, 2.45) is 5.92 Å². The molecule has 0 fully saturated rings. The molecule has 4 heteroatoms. The van der Waals surface area contributed by atoms with Crippen LogP contribution in [0.25, 0.3) is 0 Å². The maximum Gasteiger partial charge on any atom is 0.224 e. The Balaban J connectivity index is 2.22. The molecule has 17 heavy (non-hydrogen) atoms. The van der Waals surface area contributed by atoms with Gasteiger partial charge in [0.2, 0.25) is 5.91 Å². The first-order valence-corrected chi connectivity index (χ1v) is 6.20. The molecule has 1 N–H and O–H groups in total. The second-order valence-corrected chi connectivity index (χ2v) is 4.32. The van der Waals surface area contributed by atoms with Gasteiger partial charge in [-0.25, -0.2) is 0 Å². The third-order valence-electron chi connectivity index (χ3n) is 2.34. The first-order valence-electron chi connectivity index (χ1n) is 5.66. The maximum absolute atomic E-state index is 11.4. The Kier molecular flexibility index (Phi) is 5.84. The Morgan fingerprint density at radius 2 is 2.29 bits per heavy atom.